The molecule has 98 valence electrons. The number of nitrogens with one attached hydrogen (secondary N) is 1. The third-order valence-corrected chi connectivity index (χ3v) is 2.97. The smallest absolute Gasteiger partial charge is 0.0372 e. The van der Waals surface area contributed by atoms with E-state index in [9.17, 15) is 0 Å². The van der Waals surface area contributed by atoms with E-state index in [0.29, 0.717) is 6.04 Å². The Morgan fingerprint density at radius 1 is 1.17 bits per heavy atom. The predicted molar refractivity (Wildman–Crippen MR) is 81.1 cm³/mol. The normalized spacial score (nSPS) is 11.9. The van der Waals surface area contributed by atoms with Crippen molar-refractivity contribution in [2.75, 3.05) is 24.5 Å². The second-order valence-electron chi connectivity index (χ2n) is 4.35. The number of benzene rings is 1. The SMILES string of the molecule is C=CCN(CC=C)c1ccc(C(C)NCC)cc1. The minimum Gasteiger partial charge on any atom is -0.364 e. The van der Waals surface area contributed by atoms with Gasteiger partial charge in [-0.05, 0) is 31.2 Å². The second kappa shape index (κ2) is 7.72. The van der Waals surface area contributed by atoms with Crippen LogP contribution in [-0.2, 0) is 0 Å². The molecule has 0 aliphatic rings. The molecular weight excluding hydrogens is 220 g/mol. The molecule has 0 saturated carbocycles. The average molecular weight is 244 g/mol. The number of nitrogens with zero attached hydrogens (tertiary/aromatic N) is 1. The topological polar surface area (TPSA) is 15.3 Å². The highest BCUT2D eigenvalue weighted by Gasteiger charge is 2.06. The molecule has 1 N–H and O–H groups in total. The van der Waals surface area contributed by atoms with Crippen molar-refractivity contribution in [2.24, 2.45) is 0 Å². The number of rotatable bonds is 8. The fourth-order valence-corrected chi connectivity index (χ4v) is 1.99. The van der Waals surface area contributed by atoms with Crippen LogP contribution in [0.5, 0.6) is 0 Å². The molecular formula is C16H24N2. The van der Waals surface area contributed by atoms with Gasteiger partial charge in [0.1, 0.15) is 0 Å². The molecule has 1 atom stereocenters. The largest absolute Gasteiger partial charge is 0.364 e. The number of hydrogen-bond acceptors (Lipinski definition) is 2. The second-order valence-corrected chi connectivity index (χ2v) is 4.35. The first-order chi connectivity index (χ1) is 8.72. The van der Waals surface area contributed by atoms with Gasteiger partial charge in [-0.15, -0.1) is 13.2 Å². The van der Waals surface area contributed by atoms with Gasteiger partial charge in [0.05, 0.1) is 0 Å². The summed E-state index contributed by atoms with van der Waals surface area (Å²) in [6, 6.07) is 9.09. The summed E-state index contributed by atoms with van der Waals surface area (Å²) in [5.41, 5.74) is 2.53. The number of anilines is 1. The van der Waals surface area contributed by atoms with Gasteiger partial charge in [-0.2, -0.15) is 0 Å². The summed E-state index contributed by atoms with van der Waals surface area (Å²) in [6.45, 7) is 14.6. The lowest BCUT2D eigenvalue weighted by Gasteiger charge is -2.22. The minimum atomic E-state index is 0.399. The van der Waals surface area contributed by atoms with Crippen LogP contribution in [0.15, 0.2) is 49.6 Å². The van der Waals surface area contributed by atoms with Crippen molar-refractivity contribution >= 4 is 5.69 Å². The van der Waals surface area contributed by atoms with Crippen LogP contribution in [0.3, 0.4) is 0 Å². The van der Waals surface area contributed by atoms with Crippen molar-refractivity contribution < 1.29 is 0 Å². The molecule has 18 heavy (non-hydrogen) atoms. The molecule has 1 rings (SSSR count). The maximum absolute atomic E-state index is 3.79. The third kappa shape index (κ3) is 4.04. The van der Waals surface area contributed by atoms with Gasteiger partial charge in [0.2, 0.25) is 0 Å². The summed E-state index contributed by atoms with van der Waals surface area (Å²) in [4.78, 5) is 2.24. The van der Waals surface area contributed by atoms with Gasteiger partial charge in [-0.3, -0.25) is 0 Å². The van der Waals surface area contributed by atoms with E-state index >= 15 is 0 Å². The van der Waals surface area contributed by atoms with E-state index in [1.165, 1.54) is 11.3 Å². The van der Waals surface area contributed by atoms with Crippen LogP contribution in [0.4, 0.5) is 5.69 Å². The quantitative estimate of drug-likeness (QED) is 0.704. The minimum absolute atomic E-state index is 0.399. The van der Waals surface area contributed by atoms with Crippen LogP contribution in [-0.4, -0.2) is 19.6 Å². The third-order valence-electron chi connectivity index (χ3n) is 2.97. The highest BCUT2D eigenvalue weighted by Crippen LogP contribution is 2.19. The van der Waals surface area contributed by atoms with E-state index < -0.39 is 0 Å². The maximum atomic E-state index is 3.79. The molecule has 0 radical (unpaired) electrons. The van der Waals surface area contributed by atoms with E-state index in [0.717, 1.165) is 19.6 Å². The Morgan fingerprint density at radius 2 is 1.72 bits per heavy atom. The Morgan fingerprint density at radius 3 is 2.17 bits per heavy atom. The molecule has 2 nitrogen and oxygen atoms in total. The van der Waals surface area contributed by atoms with Crippen LogP contribution in [0.1, 0.15) is 25.5 Å². The fraction of sp³-hybridized carbons (Fsp3) is 0.375. The van der Waals surface area contributed by atoms with Gasteiger partial charge in [-0.25, -0.2) is 0 Å². The van der Waals surface area contributed by atoms with Crippen LogP contribution in [0.25, 0.3) is 0 Å². The zero-order valence-electron chi connectivity index (χ0n) is 11.5. The standard InChI is InChI=1S/C16H24N2/c1-5-12-18(13-6-2)16-10-8-15(9-11-16)14(4)17-7-3/h5-6,8-11,14,17H,1-2,7,12-13H2,3-4H3. The Bertz CT molecular complexity index is 357. The summed E-state index contributed by atoms with van der Waals surface area (Å²) in [6.07, 6.45) is 3.83. The van der Waals surface area contributed by atoms with E-state index in [2.05, 4.69) is 61.5 Å². The molecule has 1 aromatic rings. The molecule has 0 heterocycles. The highest BCUT2D eigenvalue weighted by molar-refractivity contribution is 5.49. The molecule has 0 aromatic heterocycles. The summed E-state index contributed by atoms with van der Waals surface area (Å²) in [7, 11) is 0. The van der Waals surface area contributed by atoms with Crippen LogP contribution >= 0.6 is 0 Å². The van der Waals surface area contributed by atoms with Crippen molar-refractivity contribution in [3.8, 4) is 0 Å². The molecule has 0 saturated heterocycles. The van der Waals surface area contributed by atoms with Crippen LogP contribution < -0.4 is 10.2 Å². The summed E-state index contributed by atoms with van der Waals surface area (Å²) < 4.78 is 0. The molecule has 0 amide bonds. The molecule has 0 aliphatic heterocycles. The molecule has 0 aliphatic carbocycles. The Balaban J connectivity index is 2.79. The predicted octanol–water partition coefficient (Wildman–Crippen LogP) is 3.54. The first-order valence-corrected chi connectivity index (χ1v) is 6.53. The highest BCUT2D eigenvalue weighted by atomic mass is 15.1. The van der Waals surface area contributed by atoms with Gasteiger partial charge in [0.15, 0.2) is 0 Å². The molecule has 0 spiro atoms. The van der Waals surface area contributed by atoms with E-state index in [1.54, 1.807) is 0 Å². The Hall–Kier alpha value is -1.54. The van der Waals surface area contributed by atoms with Crippen molar-refractivity contribution in [2.45, 2.75) is 19.9 Å². The van der Waals surface area contributed by atoms with Gasteiger partial charge >= 0.3 is 0 Å². The van der Waals surface area contributed by atoms with Crippen molar-refractivity contribution in [1.29, 1.82) is 0 Å². The van der Waals surface area contributed by atoms with E-state index in [1.807, 2.05) is 12.2 Å². The van der Waals surface area contributed by atoms with Gasteiger partial charge < -0.3 is 10.2 Å². The Kier molecular flexibility index (Phi) is 6.23. The lowest BCUT2D eigenvalue weighted by molar-refractivity contribution is 0.598. The molecule has 0 fully saturated rings. The first-order valence-electron chi connectivity index (χ1n) is 6.53. The Labute approximate surface area is 111 Å². The number of hydrogen-bond donors (Lipinski definition) is 1. The van der Waals surface area contributed by atoms with Crippen molar-refractivity contribution in [3.63, 3.8) is 0 Å². The maximum Gasteiger partial charge on any atom is 0.0372 e. The first kappa shape index (κ1) is 14.5. The van der Waals surface area contributed by atoms with E-state index in [-0.39, 0.29) is 0 Å². The van der Waals surface area contributed by atoms with Crippen molar-refractivity contribution in [3.05, 3.63) is 55.1 Å². The van der Waals surface area contributed by atoms with Gasteiger partial charge in [0, 0.05) is 24.8 Å². The lowest BCUT2D eigenvalue weighted by Crippen LogP contribution is -2.23. The van der Waals surface area contributed by atoms with Crippen LogP contribution in [0, 0.1) is 0 Å². The fourth-order valence-electron chi connectivity index (χ4n) is 1.99. The molecule has 2 heteroatoms. The zero-order chi connectivity index (χ0) is 13.4. The monoisotopic (exact) mass is 244 g/mol. The van der Waals surface area contributed by atoms with Crippen LogP contribution in [0.2, 0.25) is 0 Å². The van der Waals surface area contributed by atoms with E-state index in [4.69, 9.17) is 0 Å². The lowest BCUT2D eigenvalue weighted by atomic mass is 10.1. The van der Waals surface area contributed by atoms with Gasteiger partial charge in [-0.1, -0.05) is 31.2 Å². The molecule has 0 bridgehead atoms. The van der Waals surface area contributed by atoms with Crippen molar-refractivity contribution in [1.82, 2.24) is 5.32 Å². The van der Waals surface area contributed by atoms with Gasteiger partial charge in [0.25, 0.3) is 0 Å². The summed E-state index contributed by atoms with van der Waals surface area (Å²) in [5.74, 6) is 0. The summed E-state index contributed by atoms with van der Waals surface area (Å²) in [5, 5.41) is 3.41. The molecule has 1 aromatic carbocycles. The molecule has 1 unspecified atom stereocenters. The average Bonchev–Trinajstić information content (AvgIpc) is 2.39. The zero-order valence-corrected chi connectivity index (χ0v) is 11.5. The summed E-state index contributed by atoms with van der Waals surface area (Å²) >= 11 is 0.